The van der Waals surface area contributed by atoms with Crippen molar-refractivity contribution in [3.05, 3.63) is 65.8 Å². The van der Waals surface area contributed by atoms with Gasteiger partial charge in [0.2, 0.25) is 21.8 Å². The minimum absolute atomic E-state index is 0.0397. The fourth-order valence-electron chi connectivity index (χ4n) is 1.99. The third kappa shape index (κ3) is 3.66. The van der Waals surface area contributed by atoms with Gasteiger partial charge in [-0.1, -0.05) is 17.7 Å². The van der Waals surface area contributed by atoms with Gasteiger partial charge in [-0.25, -0.2) is 17.5 Å². The monoisotopic (exact) mass is 347 g/mol. The number of aryl methyl sites for hydroxylation is 1. The highest BCUT2D eigenvalue weighted by Gasteiger charge is 2.16. The van der Waals surface area contributed by atoms with Crippen LogP contribution in [-0.4, -0.2) is 18.6 Å². The predicted octanol–water partition coefficient (Wildman–Crippen LogP) is 2.66. The van der Waals surface area contributed by atoms with Crippen LogP contribution in [0.15, 0.2) is 57.8 Å². The molecule has 8 heteroatoms. The van der Waals surface area contributed by atoms with Crippen molar-refractivity contribution in [3.63, 3.8) is 0 Å². The van der Waals surface area contributed by atoms with Crippen LogP contribution in [-0.2, 0) is 16.6 Å². The van der Waals surface area contributed by atoms with Gasteiger partial charge in [0.25, 0.3) is 0 Å². The van der Waals surface area contributed by atoms with E-state index in [1.807, 2.05) is 31.2 Å². The number of hydrogen-bond donors (Lipinski definition) is 1. The van der Waals surface area contributed by atoms with E-state index >= 15 is 0 Å². The van der Waals surface area contributed by atoms with Crippen LogP contribution in [0.4, 0.5) is 4.39 Å². The molecule has 124 valence electrons. The Balaban J connectivity index is 1.71. The smallest absolute Gasteiger partial charge is 0.247 e. The van der Waals surface area contributed by atoms with E-state index in [2.05, 4.69) is 14.9 Å². The van der Waals surface area contributed by atoms with Gasteiger partial charge >= 0.3 is 0 Å². The van der Waals surface area contributed by atoms with Crippen LogP contribution in [0.3, 0.4) is 0 Å². The van der Waals surface area contributed by atoms with E-state index in [-0.39, 0.29) is 17.3 Å². The van der Waals surface area contributed by atoms with Crippen LogP contribution >= 0.6 is 0 Å². The summed E-state index contributed by atoms with van der Waals surface area (Å²) in [5.74, 6) is -0.0594. The Kier molecular flexibility index (Phi) is 4.41. The Morgan fingerprint density at radius 3 is 2.38 bits per heavy atom. The number of halogens is 1. The van der Waals surface area contributed by atoms with Crippen molar-refractivity contribution in [2.75, 3.05) is 0 Å². The molecule has 0 amide bonds. The van der Waals surface area contributed by atoms with Gasteiger partial charge < -0.3 is 4.42 Å². The van der Waals surface area contributed by atoms with E-state index < -0.39 is 15.8 Å². The van der Waals surface area contributed by atoms with Crippen LogP contribution in [0.2, 0.25) is 0 Å². The molecule has 0 unspecified atom stereocenters. The minimum atomic E-state index is -3.78. The Bertz CT molecular complexity index is 935. The normalized spacial score (nSPS) is 11.6. The first-order valence-electron chi connectivity index (χ1n) is 7.09. The SMILES string of the molecule is Cc1ccc(-c2nnc(CNS(=O)(=O)c3ccc(F)cc3)o2)cc1. The van der Waals surface area contributed by atoms with Crippen molar-refractivity contribution < 1.29 is 17.2 Å². The van der Waals surface area contributed by atoms with Gasteiger partial charge in [0.1, 0.15) is 5.82 Å². The molecule has 1 N–H and O–H groups in total. The first kappa shape index (κ1) is 16.3. The van der Waals surface area contributed by atoms with Gasteiger partial charge in [-0.15, -0.1) is 10.2 Å². The standard InChI is InChI=1S/C16H14FN3O3S/c1-11-2-4-12(5-3-11)16-20-19-15(23-16)10-18-24(21,22)14-8-6-13(17)7-9-14/h2-9,18H,10H2,1H3. The minimum Gasteiger partial charge on any atom is -0.419 e. The fraction of sp³-hybridized carbons (Fsp3) is 0.125. The summed E-state index contributed by atoms with van der Waals surface area (Å²) in [5, 5.41) is 7.72. The molecule has 0 spiro atoms. The maximum Gasteiger partial charge on any atom is 0.247 e. The summed E-state index contributed by atoms with van der Waals surface area (Å²) in [6.45, 7) is 1.81. The largest absolute Gasteiger partial charge is 0.419 e. The zero-order valence-electron chi connectivity index (χ0n) is 12.7. The number of rotatable bonds is 5. The molecule has 3 rings (SSSR count). The summed E-state index contributed by atoms with van der Waals surface area (Å²) in [4.78, 5) is -0.0397. The first-order valence-corrected chi connectivity index (χ1v) is 8.57. The van der Waals surface area contributed by atoms with Crippen molar-refractivity contribution in [1.82, 2.24) is 14.9 Å². The number of benzene rings is 2. The number of aromatic nitrogens is 2. The second-order valence-corrected chi connectivity index (χ2v) is 6.91. The third-order valence-electron chi connectivity index (χ3n) is 3.30. The molecule has 2 aromatic carbocycles. The van der Waals surface area contributed by atoms with Crippen LogP contribution in [0, 0.1) is 12.7 Å². The van der Waals surface area contributed by atoms with E-state index in [9.17, 15) is 12.8 Å². The molecule has 1 heterocycles. The fourth-order valence-corrected chi connectivity index (χ4v) is 2.97. The molecule has 0 aliphatic heterocycles. The summed E-state index contributed by atoms with van der Waals surface area (Å²) in [6, 6.07) is 12.0. The highest BCUT2D eigenvalue weighted by atomic mass is 32.2. The van der Waals surface area contributed by atoms with Crippen LogP contribution in [0.1, 0.15) is 11.5 Å². The molecule has 0 fully saturated rings. The number of sulfonamides is 1. The number of nitrogens with zero attached hydrogens (tertiary/aromatic N) is 2. The Labute approximate surface area is 138 Å². The Hall–Kier alpha value is -2.58. The summed E-state index contributed by atoms with van der Waals surface area (Å²) in [6.07, 6.45) is 0. The molecule has 0 radical (unpaired) electrons. The molecule has 0 atom stereocenters. The third-order valence-corrected chi connectivity index (χ3v) is 4.72. The van der Waals surface area contributed by atoms with Gasteiger partial charge in [0, 0.05) is 5.56 Å². The lowest BCUT2D eigenvalue weighted by atomic mass is 10.1. The van der Waals surface area contributed by atoms with Crippen molar-refractivity contribution >= 4 is 10.0 Å². The Morgan fingerprint density at radius 1 is 1.04 bits per heavy atom. The lowest BCUT2D eigenvalue weighted by Crippen LogP contribution is -2.23. The number of nitrogens with one attached hydrogen (secondary N) is 1. The van der Waals surface area contributed by atoms with Gasteiger partial charge in [0.05, 0.1) is 11.4 Å². The van der Waals surface area contributed by atoms with Crippen molar-refractivity contribution in [2.45, 2.75) is 18.4 Å². The molecule has 24 heavy (non-hydrogen) atoms. The quantitative estimate of drug-likeness (QED) is 0.767. The molecule has 0 bridgehead atoms. The second kappa shape index (κ2) is 6.50. The van der Waals surface area contributed by atoms with E-state index in [1.54, 1.807) is 0 Å². The lowest BCUT2D eigenvalue weighted by Gasteiger charge is -2.04. The van der Waals surface area contributed by atoms with Gasteiger partial charge in [0.15, 0.2) is 0 Å². The molecule has 6 nitrogen and oxygen atoms in total. The average Bonchev–Trinajstić information content (AvgIpc) is 3.03. The molecule has 0 saturated heterocycles. The van der Waals surface area contributed by atoms with Crippen molar-refractivity contribution in [2.24, 2.45) is 0 Å². The van der Waals surface area contributed by atoms with Crippen molar-refractivity contribution in [1.29, 1.82) is 0 Å². The van der Waals surface area contributed by atoms with Crippen molar-refractivity contribution in [3.8, 4) is 11.5 Å². The second-order valence-electron chi connectivity index (χ2n) is 5.15. The summed E-state index contributed by atoms with van der Waals surface area (Å²) in [7, 11) is -3.78. The zero-order chi connectivity index (χ0) is 17.2. The molecular weight excluding hydrogens is 333 g/mol. The summed E-state index contributed by atoms with van der Waals surface area (Å²) < 4.78 is 44.9. The summed E-state index contributed by atoms with van der Waals surface area (Å²) in [5.41, 5.74) is 1.85. The summed E-state index contributed by atoms with van der Waals surface area (Å²) >= 11 is 0. The zero-order valence-corrected chi connectivity index (χ0v) is 13.5. The highest BCUT2D eigenvalue weighted by molar-refractivity contribution is 7.89. The Morgan fingerprint density at radius 2 is 1.71 bits per heavy atom. The van der Waals surface area contributed by atoms with Gasteiger partial charge in [-0.2, -0.15) is 0 Å². The van der Waals surface area contributed by atoms with Crippen LogP contribution in [0.5, 0.6) is 0 Å². The van der Waals surface area contributed by atoms with E-state index in [1.165, 1.54) is 12.1 Å². The predicted molar refractivity (Wildman–Crippen MR) is 84.9 cm³/mol. The lowest BCUT2D eigenvalue weighted by molar-refractivity contribution is 0.494. The van der Waals surface area contributed by atoms with Gasteiger partial charge in [-0.3, -0.25) is 0 Å². The maximum atomic E-state index is 12.9. The first-order chi connectivity index (χ1) is 11.4. The van der Waals surface area contributed by atoms with Crippen LogP contribution < -0.4 is 4.72 Å². The topological polar surface area (TPSA) is 85.1 Å². The van der Waals surface area contributed by atoms with E-state index in [0.717, 1.165) is 23.3 Å². The number of hydrogen-bond acceptors (Lipinski definition) is 5. The molecular formula is C16H14FN3O3S. The molecule has 0 aliphatic rings. The van der Waals surface area contributed by atoms with E-state index in [0.29, 0.717) is 5.89 Å². The molecule has 0 saturated carbocycles. The van der Waals surface area contributed by atoms with Crippen LogP contribution in [0.25, 0.3) is 11.5 Å². The van der Waals surface area contributed by atoms with Gasteiger partial charge in [-0.05, 0) is 43.3 Å². The molecule has 1 aromatic heterocycles. The maximum absolute atomic E-state index is 12.9. The molecule has 3 aromatic rings. The highest BCUT2D eigenvalue weighted by Crippen LogP contribution is 2.18. The average molecular weight is 347 g/mol. The van der Waals surface area contributed by atoms with E-state index in [4.69, 9.17) is 4.42 Å². The molecule has 0 aliphatic carbocycles.